The highest BCUT2D eigenvalue weighted by atomic mass is 16.2. The van der Waals surface area contributed by atoms with Crippen LogP contribution in [0.2, 0.25) is 0 Å². The fraction of sp³-hybridized carbons (Fsp3) is 0.500. The Morgan fingerprint density at radius 3 is 2.68 bits per heavy atom. The van der Waals surface area contributed by atoms with E-state index >= 15 is 0 Å². The Labute approximate surface area is 112 Å². The van der Waals surface area contributed by atoms with Gasteiger partial charge in [0.05, 0.1) is 0 Å². The first-order valence-electron chi connectivity index (χ1n) is 6.74. The van der Waals surface area contributed by atoms with Crippen molar-refractivity contribution in [3.63, 3.8) is 0 Å². The summed E-state index contributed by atoms with van der Waals surface area (Å²) in [5, 5.41) is 5.37. The predicted octanol–water partition coefficient (Wildman–Crippen LogP) is 0.799. The van der Waals surface area contributed by atoms with Crippen LogP contribution in [-0.4, -0.2) is 29.4 Å². The summed E-state index contributed by atoms with van der Waals surface area (Å²) < 4.78 is 0. The molecule has 0 aromatic carbocycles. The Kier molecular flexibility index (Phi) is 4.89. The van der Waals surface area contributed by atoms with Crippen LogP contribution in [0.1, 0.15) is 31.4 Å². The van der Waals surface area contributed by atoms with Crippen molar-refractivity contribution in [1.82, 2.24) is 15.6 Å². The number of nitrogens with one attached hydrogen (secondary N) is 2. The first-order chi connectivity index (χ1) is 9.25. The molecule has 0 unspecified atom stereocenters. The number of hydrogen-bond acceptors (Lipinski definition) is 3. The molecule has 0 saturated heterocycles. The maximum absolute atomic E-state index is 11.6. The Bertz CT molecular complexity index is 428. The van der Waals surface area contributed by atoms with Gasteiger partial charge in [-0.05, 0) is 25.0 Å². The molecule has 0 atom stereocenters. The highest BCUT2D eigenvalue weighted by molar-refractivity contribution is 6.35. The molecular formula is C14H19N3O2. The van der Waals surface area contributed by atoms with Crippen LogP contribution in [0.5, 0.6) is 0 Å². The fourth-order valence-electron chi connectivity index (χ4n) is 2.25. The van der Waals surface area contributed by atoms with Crippen molar-refractivity contribution >= 4 is 11.8 Å². The van der Waals surface area contributed by atoms with E-state index in [0.29, 0.717) is 13.0 Å². The van der Waals surface area contributed by atoms with Gasteiger partial charge in [-0.25, -0.2) is 0 Å². The largest absolute Gasteiger partial charge is 0.347 e. The van der Waals surface area contributed by atoms with Gasteiger partial charge >= 0.3 is 11.8 Å². The summed E-state index contributed by atoms with van der Waals surface area (Å²) in [7, 11) is 0. The lowest BCUT2D eigenvalue weighted by molar-refractivity contribution is -0.139. The van der Waals surface area contributed by atoms with Gasteiger partial charge in [0.2, 0.25) is 0 Å². The molecule has 0 aliphatic heterocycles. The zero-order valence-electron chi connectivity index (χ0n) is 10.9. The zero-order valence-corrected chi connectivity index (χ0v) is 10.9. The Morgan fingerprint density at radius 2 is 2.00 bits per heavy atom. The molecule has 5 heteroatoms. The Morgan fingerprint density at radius 1 is 1.21 bits per heavy atom. The molecule has 1 aliphatic carbocycles. The minimum atomic E-state index is -0.553. The molecular weight excluding hydrogens is 242 g/mol. The number of nitrogens with zero attached hydrogens (tertiary/aromatic N) is 1. The maximum Gasteiger partial charge on any atom is 0.309 e. The third-order valence-electron chi connectivity index (χ3n) is 3.29. The van der Waals surface area contributed by atoms with Crippen LogP contribution in [-0.2, 0) is 16.0 Å². The molecule has 0 radical (unpaired) electrons. The van der Waals surface area contributed by atoms with Crippen LogP contribution < -0.4 is 10.6 Å². The minimum absolute atomic E-state index is 0.175. The normalized spacial score (nSPS) is 15.2. The molecule has 2 N–H and O–H groups in total. The van der Waals surface area contributed by atoms with Crippen LogP contribution in [0.25, 0.3) is 0 Å². The van der Waals surface area contributed by atoms with Crippen LogP contribution in [0, 0.1) is 0 Å². The number of carbonyl (C=O) groups is 2. The van der Waals surface area contributed by atoms with Gasteiger partial charge in [-0.15, -0.1) is 0 Å². The second kappa shape index (κ2) is 6.87. The molecule has 2 amide bonds. The molecule has 0 spiro atoms. The number of rotatable bonds is 4. The number of amides is 2. The standard InChI is InChI=1S/C14H19N3O2/c18-13(14(19)17-12-6-1-2-7-12)16-10-8-11-5-3-4-9-15-11/h3-5,9,12H,1-2,6-8,10H2,(H,16,18)(H,17,19). The average Bonchev–Trinajstić information content (AvgIpc) is 2.92. The van der Waals surface area contributed by atoms with Gasteiger partial charge in [-0.3, -0.25) is 14.6 Å². The van der Waals surface area contributed by atoms with E-state index in [-0.39, 0.29) is 6.04 Å². The van der Waals surface area contributed by atoms with E-state index in [9.17, 15) is 9.59 Å². The summed E-state index contributed by atoms with van der Waals surface area (Å²) in [6, 6.07) is 5.81. The highest BCUT2D eigenvalue weighted by Gasteiger charge is 2.20. The SMILES string of the molecule is O=C(NCCc1ccccn1)C(=O)NC1CCCC1. The average molecular weight is 261 g/mol. The highest BCUT2D eigenvalue weighted by Crippen LogP contribution is 2.17. The van der Waals surface area contributed by atoms with Crippen molar-refractivity contribution < 1.29 is 9.59 Å². The summed E-state index contributed by atoms with van der Waals surface area (Å²) in [6.45, 7) is 0.425. The van der Waals surface area contributed by atoms with Crippen LogP contribution >= 0.6 is 0 Å². The molecule has 2 rings (SSSR count). The second-order valence-corrected chi connectivity index (χ2v) is 4.78. The summed E-state index contributed by atoms with van der Waals surface area (Å²) in [5.41, 5.74) is 0.902. The lowest BCUT2D eigenvalue weighted by Crippen LogP contribution is -2.44. The first kappa shape index (κ1) is 13.5. The number of aromatic nitrogens is 1. The maximum atomic E-state index is 11.6. The van der Waals surface area contributed by atoms with E-state index in [4.69, 9.17) is 0 Å². The van der Waals surface area contributed by atoms with Crippen LogP contribution in [0.4, 0.5) is 0 Å². The topological polar surface area (TPSA) is 71.1 Å². The fourth-order valence-corrected chi connectivity index (χ4v) is 2.25. The quantitative estimate of drug-likeness (QED) is 0.788. The third kappa shape index (κ3) is 4.35. The van der Waals surface area contributed by atoms with Gasteiger partial charge in [0.25, 0.3) is 0 Å². The van der Waals surface area contributed by atoms with E-state index in [1.54, 1.807) is 6.20 Å². The monoisotopic (exact) mass is 261 g/mol. The minimum Gasteiger partial charge on any atom is -0.347 e. The van der Waals surface area contributed by atoms with E-state index in [1.165, 1.54) is 0 Å². The molecule has 1 saturated carbocycles. The Hall–Kier alpha value is -1.91. The summed E-state index contributed by atoms with van der Waals surface area (Å²) >= 11 is 0. The molecule has 1 aromatic rings. The van der Waals surface area contributed by atoms with E-state index in [1.807, 2.05) is 18.2 Å². The smallest absolute Gasteiger partial charge is 0.309 e. The summed E-state index contributed by atoms with van der Waals surface area (Å²) in [5.74, 6) is -1.07. The second-order valence-electron chi connectivity index (χ2n) is 4.78. The molecule has 1 heterocycles. The van der Waals surface area contributed by atoms with E-state index < -0.39 is 11.8 Å². The zero-order chi connectivity index (χ0) is 13.5. The van der Waals surface area contributed by atoms with Crippen molar-refractivity contribution in [2.45, 2.75) is 38.1 Å². The van der Waals surface area contributed by atoms with E-state index in [2.05, 4.69) is 15.6 Å². The van der Waals surface area contributed by atoms with Crippen LogP contribution in [0.3, 0.4) is 0 Å². The number of hydrogen-bond donors (Lipinski definition) is 2. The van der Waals surface area contributed by atoms with Crippen molar-refractivity contribution in [3.05, 3.63) is 30.1 Å². The van der Waals surface area contributed by atoms with Gasteiger partial charge in [-0.2, -0.15) is 0 Å². The lowest BCUT2D eigenvalue weighted by Gasteiger charge is -2.11. The van der Waals surface area contributed by atoms with Crippen molar-refractivity contribution in [1.29, 1.82) is 0 Å². The van der Waals surface area contributed by atoms with Gasteiger partial charge < -0.3 is 10.6 Å². The lowest BCUT2D eigenvalue weighted by atomic mass is 10.2. The molecule has 0 bridgehead atoms. The molecule has 1 fully saturated rings. The van der Waals surface area contributed by atoms with Gasteiger partial charge in [0, 0.05) is 30.9 Å². The molecule has 102 valence electrons. The van der Waals surface area contributed by atoms with E-state index in [0.717, 1.165) is 31.4 Å². The van der Waals surface area contributed by atoms with Crippen molar-refractivity contribution in [2.75, 3.05) is 6.54 Å². The van der Waals surface area contributed by atoms with Crippen LogP contribution in [0.15, 0.2) is 24.4 Å². The van der Waals surface area contributed by atoms with Gasteiger partial charge in [0.15, 0.2) is 0 Å². The van der Waals surface area contributed by atoms with Crippen molar-refractivity contribution in [3.8, 4) is 0 Å². The Balaban J connectivity index is 1.67. The molecule has 1 aliphatic rings. The predicted molar refractivity (Wildman–Crippen MR) is 71.3 cm³/mol. The third-order valence-corrected chi connectivity index (χ3v) is 3.29. The number of pyridine rings is 1. The molecule has 1 aromatic heterocycles. The van der Waals surface area contributed by atoms with Gasteiger partial charge in [-0.1, -0.05) is 18.9 Å². The molecule has 19 heavy (non-hydrogen) atoms. The first-order valence-corrected chi connectivity index (χ1v) is 6.74. The van der Waals surface area contributed by atoms with Crippen molar-refractivity contribution in [2.24, 2.45) is 0 Å². The summed E-state index contributed by atoms with van der Waals surface area (Å²) in [4.78, 5) is 27.3. The summed E-state index contributed by atoms with van der Waals surface area (Å²) in [6.07, 6.45) is 6.56. The van der Waals surface area contributed by atoms with Gasteiger partial charge in [0.1, 0.15) is 0 Å². The number of carbonyl (C=O) groups excluding carboxylic acids is 2. The molecule has 5 nitrogen and oxygen atoms in total.